The van der Waals surface area contributed by atoms with Gasteiger partial charge in [0.1, 0.15) is 5.75 Å². The second kappa shape index (κ2) is 5.69. The molecule has 0 atom stereocenters. The van der Waals surface area contributed by atoms with Crippen LogP contribution in [0.25, 0.3) is 10.9 Å². The first-order valence-corrected chi connectivity index (χ1v) is 6.43. The van der Waals surface area contributed by atoms with Crippen LogP contribution >= 0.6 is 0 Å². The molecule has 0 aliphatic rings. The van der Waals surface area contributed by atoms with Gasteiger partial charge in [-0.2, -0.15) is 0 Å². The largest absolute Gasteiger partial charge is 0.497 e. The highest BCUT2D eigenvalue weighted by atomic mass is 16.5. The van der Waals surface area contributed by atoms with E-state index in [2.05, 4.69) is 11.9 Å². The number of primary amides is 1. The van der Waals surface area contributed by atoms with Gasteiger partial charge in [0.2, 0.25) is 0 Å². The fraction of sp³-hybridized carbons (Fsp3) is 0.333. The van der Waals surface area contributed by atoms with E-state index in [4.69, 9.17) is 10.5 Å². The van der Waals surface area contributed by atoms with Crippen molar-refractivity contribution >= 4 is 16.8 Å². The molecule has 0 aliphatic heterocycles. The van der Waals surface area contributed by atoms with Gasteiger partial charge in [-0.05, 0) is 31.0 Å². The summed E-state index contributed by atoms with van der Waals surface area (Å²) in [4.78, 5) is 16.1. The number of nitrogens with zero attached hydrogens (tertiary/aromatic N) is 1. The zero-order valence-electron chi connectivity index (χ0n) is 11.3. The summed E-state index contributed by atoms with van der Waals surface area (Å²) in [5.74, 6) is 0.133. The van der Waals surface area contributed by atoms with Crippen molar-refractivity contribution in [3.8, 4) is 5.75 Å². The molecule has 0 saturated heterocycles. The predicted octanol–water partition coefficient (Wildman–Crippen LogP) is 2.68. The minimum atomic E-state index is -0.482. The van der Waals surface area contributed by atoms with E-state index < -0.39 is 5.91 Å². The molecule has 2 rings (SSSR count). The van der Waals surface area contributed by atoms with Crippen molar-refractivity contribution in [3.63, 3.8) is 0 Å². The molecule has 0 aliphatic carbocycles. The monoisotopic (exact) mass is 258 g/mol. The molecule has 2 N–H and O–H groups in total. The second-order valence-corrected chi connectivity index (χ2v) is 4.52. The molecule has 2 aromatic rings. The maximum atomic E-state index is 11.5. The van der Waals surface area contributed by atoms with E-state index in [-0.39, 0.29) is 0 Å². The summed E-state index contributed by atoms with van der Waals surface area (Å²) in [5.41, 5.74) is 7.47. The van der Waals surface area contributed by atoms with Gasteiger partial charge in [-0.15, -0.1) is 0 Å². The third kappa shape index (κ3) is 2.84. The zero-order chi connectivity index (χ0) is 13.8. The number of methoxy groups -OCH3 is 1. The first-order valence-electron chi connectivity index (χ1n) is 6.43. The Balaban J connectivity index is 2.56. The smallest absolute Gasteiger partial charge is 0.251 e. The summed E-state index contributed by atoms with van der Waals surface area (Å²) < 4.78 is 5.17. The van der Waals surface area contributed by atoms with Crippen LogP contribution < -0.4 is 10.5 Å². The Morgan fingerprint density at radius 2 is 2.16 bits per heavy atom. The number of rotatable bonds is 5. The zero-order valence-corrected chi connectivity index (χ0v) is 11.3. The molecule has 1 aromatic heterocycles. The van der Waals surface area contributed by atoms with Crippen LogP contribution in [0.4, 0.5) is 0 Å². The molecule has 0 radical (unpaired) electrons. The summed E-state index contributed by atoms with van der Waals surface area (Å²) in [6.45, 7) is 2.14. The average molecular weight is 258 g/mol. The number of hydrogen-bond acceptors (Lipinski definition) is 3. The van der Waals surface area contributed by atoms with Crippen LogP contribution in [0.3, 0.4) is 0 Å². The fourth-order valence-electron chi connectivity index (χ4n) is 2.05. The molecule has 19 heavy (non-hydrogen) atoms. The Morgan fingerprint density at radius 3 is 2.79 bits per heavy atom. The first kappa shape index (κ1) is 13.3. The highest BCUT2D eigenvalue weighted by Crippen LogP contribution is 2.24. The molecule has 1 amide bonds. The quantitative estimate of drug-likeness (QED) is 0.896. The first-order chi connectivity index (χ1) is 9.15. The molecular weight excluding hydrogens is 240 g/mol. The standard InChI is InChI=1S/C15H18N2O2/c1-3-4-5-11-7-6-10-8-12(19-2)9-13(15(16)18)14(10)17-11/h6-9H,3-5H2,1-2H3,(H2,16,18). The van der Waals surface area contributed by atoms with Crippen LogP contribution in [-0.4, -0.2) is 18.0 Å². The van der Waals surface area contributed by atoms with Crippen LogP contribution in [0.1, 0.15) is 35.8 Å². The molecule has 0 saturated carbocycles. The number of aryl methyl sites for hydroxylation is 1. The Kier molecular flexibility index (Phi) is 4.00. The van der Waals surface area contributed by atoms with Crippen LogP contribution in [-0.2, 0) is 6.42 Å². The van der Waals surface area contributed by atoms with Crippen LogP contribution in [0.2, 0.25) is 0 Å². The van der Waals surface area contributed by atoms with E-state index in [1.807, 2.05) is 18.2 Å². The summed E-state index contributed by atoms with van der Waals surface area (Å²) in [6.07, 6.45) is 3.11. The van der Waals surface area contributed by atoms with Crippen LogP contribution in [0.5, 0.6) is 5.75 Å². The van der Waals surface area contributed by atoms with Crippen LogP contribution in [0.15, 0.2) is 24.3 Å². The van der Waals surface area contributed by atoms with Gasteiger partial charge in [0.15, 0.2) is 0 Å². The van der Waals surface area contributed by atoms with Crippen molar-refractivity contribution in [1.29, 1.82) is 0 Å². The highest BCUT2D eigenvalue weighted by molar-refractivity contribution is 6.05. The number of amides is 1. The molecule has 1 aromatic carbocycles. The van der Waals surface area contributed by atoms with E-state index in [0.717, 1.165) is 30.3 Å². The van der Waals surface area contributed by atoms with Crippen molar-refractivity contribution in [3.05, 3.63) is 35.5 Å². The molecule has 100 valence electrons. The lowest BCUT2D eigenvalue weighted by Crippen LogP contribution is -2.12. The van der Waals surface area contributed by atoms with Gasteiger partial charge in [0.25, 0.3) is 5.91 Å². The van der Waals surface area contributed by atoms with Crippen LogP contribution in [0, 0.1) is 0 Å². The summed E-state index contributed by atoms with van der Waals surface area (Å²) in [6, 6.07) is 7.45. The Bertz CT molecular complexity index is 608. The summed E-state index contributed by atoms with van der Waals surface area (Å²) in [7, 11) is 1.56. The van der Waals surface area contributed by atoms with Gasteiger partial charge >= 0.3 is 0 Å². The Morgan fingerprint density at radius 1 is 1.37 bits per heavy atom. The van der Waals surface area contributed by atoms with Gasteiger partial charge in [-0.25, -0.2) is 0 Å². The Hall–Kier alpha value is -2.10. The lowest BCUT2D eigenvalue weighted by atomic mass is 10.1. The molecule has 0 unspecified atom stereocenters. The molecule has 0 bridgehead atoms. The van der Waals surface area contributed by atoms with Crippen molar-refractivity contribution < 1.29 is 9.53 Å². The lowest BCUT2D eigenvalue weighted by Gasteiger charge is -2.08. The average Bonchev–Trinajstić information content (AvgIpc) is 2.43. The molecular formula is C15H18N2O2. The van der Waals surface area contributed by atoms with Gasteiger partial charge in [0, 0.05) is 11.1 Å². The molecule has 4 nitrogen and oxygen atoms in total. The highest BCUT2D eigenvalue weighted by Gasteiger charge is 2.11. The Labute approximate surface area is 112 Å². The van der Waals surface area contributed by atoms with Gasteiger partial charge in [-0.1, -0.05) is 19.4 Å². The van der Waals surface area contributed by atoms with Crippen molar-refractivity contribution in [2.24, 2.45) is 5.73 Å². The number of pyridine rings is 1. The summed E-state index contributed by atoms with van der Waals surface area (Å²) in [5, 5.41) is 0.869. The van der Waals surface area contributed by atoms with Crippen molar-refractivity contribution in [2.75, 3.05) is 7.11 Å². The van der Waals surface area contributed by atoms with E-state index in [1.54, 1.807) is 13.2 Å². The number of hydrogen-bond donors (Lipinski definition) is 1. The molecule has 4 heteroatoms. The predicted molar refractivity (Wildman–Crippen MR) is 75.4 cm³/mol. The normalized spacial score (nSPS) is 10.6. The number of aromatic nitrogens is 1. The number of nitrogens with two attached hydrogens (primary N) is 1. The second-order valence-electron chi connectivity index (χ2n) is 4.52. The van der Waals surface area contributed by atoms with Crippen molar-refractivity contribution in [1.82, 2.24) is 4.98 Å². The maximum absolute atomic E-state index is 11.5. The maximum Gasteiger partial charge on any atom is 0.251 e. The summed E-state index contributed by atoms with van der Waals surface area (Å²) >= 11 is 0. The number of ether oxygens (including phenoxy) is 1. The molecule has 1 heterocycles. The molecule has 0 spiro atoms. The van der Waals surface area contributed by atoms with Gasteiger partial charge in [0.05, 0.1) is 18.2 Å². The number of benzene rings is 1. The third-order valence-corrected chi connectivity index (χ3v) is 3.11. The van der Waals surface area contributed by atoms with Gasteiger partial charge < -0.3 is 10.5 Å². The topological polar surface area (TPSA) is 65.2 Å². The van der Waals surface area contributed by atoms with Gasteiger partial charge in [-0.3, -0.25) is 9.78 Å². The fourth-order valence-corrected chi connectivity index (χ4v) is 2.05. The number of carbonyl (C=O) groups is 1. The SMILES string of the molecule is CCCCc1ccc2cc(OC)cc(C(N)=O)c2n1. The number of carbonyl (C=O) groups excluding carboxylic acids is 1. The minimum absolute atomic E-state index is 0.410. The van der Waals surface area contributed by atoms with E-state index >= 15 is 0 Å². The third-order valence-electron chi connectivity index (χ3n) is 3.11. The molecule has 0 fully saturated rings. The minimum Gasteiger partial charge on any atom is -0.497 e. The van der Waals surface area contributed by atoms with E-state index in [1.165, 1.54) is 0 Å². The van der Waals surface area contributed by atoms with Crippen molar-refractivity contribution in [2.45, 2.75) is 26.2 Å². The lowest BCUT2D eigenvalue weighted by molar-refractivity contribution is 0.100. The van der Waals surface area contributed by atoms with E-state index in [0.29, 0.717) is 16.8 Å². The number of fused-ring (bicyclic) bond motifs is 1. The van der Waals surface area contributed by atoms with E-state index in [9.17, 15) is 4.79 Å². The number of unbranched alkanes of at least 4 members (excludes halogenated alkanes) is 1.